The van der Waals surface area contributed by atoms with Crippen LogP contribution in [0.1, 0.15) is 19.0 Å². The van der Waals surface area contributed by atoms with E-state index in [4.69, 9.17) is 5.11 Å². The standard InChI is InChI=1S/C11H16N4O3/c1-2-5-15(7-10(16)17)11(18)13-6-9-3-4-12-8-14-9/h3-4,8H,2,5-7H2,1H3,(H,13,18)(H,16,17). The van der Waals surface area contributed by atoms with Crippen LogP contribution in [-0.2, 0) is 11.3 Å². The van der Waals surface area contributed by atoms with Crippen molar-refractivity contribution in [3.63, 3.8) is 0 Å². The SMILES string of the molecule is CCCN(CC(=O)O)C(=O)NCc1ccncn1. The highest BCUT2D eigenvalue weighted by molar-refractivity contribution is 5.79. The van der Waals surface area contributed by atoms with Crippen molar-refractivity contribution in [3.05, 3.63) is 24.3 Å². The molecule has 0 atom stereocenters. The normalized spacial score (nSPS) is 9.83. The maximum absolute atomic E-state index is 11.8. The highest BCUT2D eigenvalue weighted by Crippen LogP contribution is 1.95. The van der Waals surface area contributed by atoms with E-state index in [2.05, 4.69) is 15.3 Å². The lowest BCUT2D eigenvalue weighted by molar-refractivity contribution is -0.137. The van der Waals surface area contributed by atoms with E-state index >= 15 is 0 Å². The Morgan fingerprint density at radius 3 is 2.83 bits per heavy atom. The van der Waals surface area contributed by atoms with Crippen LogP contribution in [0.2, 0.25) is 0 Å². The highest BCUT2D eigenvalue weighted by atomic mass is 16.4. The van der Waals surface area contributed by atoms with Crippen LogP contribution in [-0.4, -0.2) is 45.1 Å². The van der Waals surface area contributed by atoms with E-state index < -0.39 is 12.0 Å². The van der Waals surface area contributed by atoms with Crippen molar-refractivity contribution >= 4 is 12.0 Å². The largest absolute Gasteiger partial charge is 0.480 e. The van der Waals surface area contributed by atoms with E-state index in [0.29, 0.717) is 18.7 Å². The van der Waals surface area contributed by atoms with E-state index in [9.17, 15) is 9.59 Å². The van der Waals surface area contributed by atoms with E-state index in [-0.39, 0.29) is 13.1 Å². The Labute approximate surface area is 105 Å². The molecule has 0 fully saturated rings. The Morgan fingerprint density at radius 1 is 1.50 bits per heavy atom. The Balaban J connectivity index is 2.48. The molecule has 0 aliphatic heterocycles. The molecule has 0 bridgehead atoms. The smallest absolute Gasteiger partial charge is 0.323 e. The summed E-state index contributed by atoms with van der Waals surface area (Å²) in [5.41, 5.74) is 0.671. The van der Waals surface area contributed by atoms with Crippen LogP contribution in [0.4, 0.5) is 4.79 Å². The van der Waals surface area contributed by atoms with Crippen molar-refractivity contribution < 1.29 is 14.7 Å². The Bertz CT molecular complexity index is 397. The second-order valence-electron chi connectivity index (χ2n) is 3.67. The first-order chi connectivity index (χ1) is 8.63. The summed E-state index contributed by atoms with van der Waals surface area (Å²) in [6.45, 7) is 2.24. The molecule has 2 amide bonds. The molecule has 1 aromatic rings. The van der Waals surface area contributed by atoms with E-state index in [1.165, 1.54) is 11.2 Å². The topological polar surface area (TPSA) is 95.4 Å². The van der Waals surface area contributed by atoms with Gasteiger partial charge in [0.05, 0.1) is 12.2 Å². The summed E-state index contributed by atoms with van der Waals surface area (Å²) in [4.78, 5) is 31.3. The minimum absolute atomic E-state index is 0.251. The summed E-state index contributed by atoms with van der Waals surface area (Å²) in [5.74, 6) is -1.03. The van der Waals surface area contributed by atoms with E-state index in [1.54, 1.807) is 12.3 Å². The number of urea groups is 1. The third kappa shape index (κ3) is 4.77. The summed E-state index contributed by atoms with van der Waals surface area (Å²) < 4.78 is 0. The Kier molecular flexibility index (Phi) is 5.56. The fourth-order valence-electron chi connectivity index (χ4n) is 1.39. The summed E-state index contributed by atoms with van der Waals surface area (Å²) in [5, 5.41) is 11.3. The van der Waals surface area contributed by atoms with Crippen LogP contribution in [0.5, 0.6) is 0 Å². The molecule has 98 valence electrons. The first-order valence-corrected chi connectivity index (χ1v) is 5.63. The van der Waals surface area contributed by atoms with Gasteiger partial charge in [0.25, 0.3) is 0 Å². The number of carbonyl (C=O) groups is 2. The van der Waals surface area contributed by atoms with Crippen molar-refractivity contribution in [2.75, 3.05) is 13.1 Å². The molecule has 7 nitrogen and oxygen atoms in total. The van der Waals surface area contributed by atoms with Crippen LogP contribution in [0, 0.1) is 0 Å². The lowest BCUT2D eigenvalue weighted by Gasteiger charge is -2.20. The second-order valence-corrected chi connectivity index (χ2v) is 3.67. The van der Waals surface area contributed by atoms with Crippen LogP contribution in [0.3, 0.4) is 0 Å². The fraction of sp³-hybridized carbons (Fsp3) is 0.455. The molecule has 1 rings (SSSR count). The summed E-state index contributed by atoms with van der Waals surface area (Å²) in [6.07, 6.45) is 3.67. The molecule has 0 unspecified atom stereocenters. The molecular formula is C11H16N4O3. The third-order valence-corrected chi connectivity index (χ3v) is 2.17. The van der Waals surface area contributed by atoms with Crippen molar-refractivity contribution in [1.29, 1.82) is 0 Å². The van der Waals surface area contributed by atoms with Gasteiger partial charge in [-0.25, -0.2) is 14.8 Å². The van der Waals surface area contributed by atoms with Crippen LogP contribution < -0.4 is 5.32 Å². The van der Waals surface area contributed by atoms with Gasteiger partial charge in [0.2, 0.25) is 0 Å². The second kappa shape index (κ2) is 7.21. The molecule has 0 aromatic carbocycles. The number of nitrogens with one attached hydrogen (secondary N) is 1. The average molecular weight is 252 g/mol. The number of nitrogens with zero attached hydrogens (tertiary/aromatic N) is 3. The van der Waals surface area contributed by atoms with E-state index in [0.717, 1.165) is 0 Å². The zero-order valence-corrected chi connectivity index (χ0v) is 10.2. The predicted molar refractivity (Wildman–Crippen MR) is 63.8 cm³/mol. The molecule has 0 saturated carbocycles. The first-order valence-electron chi connectivity index (χ1n) is 5.63. The zero-order valence-electron chi connectivity index (χ0n) is 10.2. The lowest BCUT2D eigenvalue weighted by Crippen LogP contribution is -2.42. The van der Waals surface area contributed by atoms with Crippen molar-refractivity contribution in [1.82, 2.24) is 20.2 Å². The molecule has 18 heavy (non-hydrogen) atoms. The highest BCUT2D eigenvalue weighted by Gasteiger charge is 2.15. The van der Waals surface area contributed by atoms with Gasteiger partial charge in [0.15, 0.2) is 0 Å². The number of aliphatic carboxylic acids is 1. The van der Waals surface area contributed by atoms with Crippen LogP contribution >= 0.6 is 0 Å². The number of carboxylic acids is 1. The van der Waals surface area contributed by atoms with Crippen LogP contribution in [0.25, 0.3) is 0 Å². The minimum atomic E-state index is -1.03. The molecule has 1 heterocycles. The van der Waals surface area contributed by atoms with Gasteiger partial charge in [-0.15, -0.1) is 0 Å². The molecule has 2 N–H and O–H groups in total. The number of hydrogen-bond acceptors (Lipinski definition) is 4. The van der Waals surface area contributed by atoms with Gasteiger partial charge in [0, 0.05) is 12.7 Å². The van der Waals surface area contributed by atoms with Gasteiger partial charge in [-0.3, -0.25) is 4.79 Å². The third-order valence-electron chi connectivity index (χ3n) is 2.17. The van der Waals surface area contributed by atoms with Crippen molar-refractivity contribution in [3.8, 4) is 0 Å². The van der Waals surface area contributed by atoms with Gasteiger partial charge in [0.1, 0.15) is 12.9 Å². The Morgan fingerprint density at radius 2 is 2.28 bits per heavy atom. The summed E-state index contributed by atoms with van der Waals surface area (Å²) >= 11 is 0. The predicted octanol–water partition coefficient (Wildman–Crippen LogP) is 0.483. The van der Waals surface area contributed by atoms with Gasteiger partial charge < -0.3 is 15.3 Å². The molecule has 7 heteroatoms. The number of rotatable bonds is 6. The molecule has 0 aliphatic rings. The maximum atomic E-state index is 11.8. The molecular weight excluding hydrogens is 236 g/mol. The monoisotopic (exact) mass is 252 g/mol. The van der Waals surface area contributed by atoms with Gasteiger partial charge in [-0.1, -0.05) is 6.92 Å². The summed E-state index contributed by atoms with van der Waals surface area (Å²) in [6, 6.07) is 1.28. The first kappa shape index (κ1) is 13.9. The number of carbonyl (C=O) groups excluding carboxylic acids is 1. The zero-order chi connectivity index (χ0) is 13.4. The Hall–Kier alpha value is -2.18. The maximum Gasteiger partial charge on any atom is 0.323 e. The van der Waals surface area contributed by atoms with Gasteiger partial charge in [-0.2, -0.15) is 0 Å². The quantitative estimate of drug-likeness (QED) is 0.767. The lowest BCUT2D eigenvalue weighted by atomic mass is 10.4. The number of hydrogen-bond donors (Lipinski definition) is 2. The molecule has 0 radical (unpaired) electrons. The molecule has 0 saturated heterocycles. The minimum Gasteiger partial charge on any atom is -0.480 e. The van der Waals surface area contributed by atoms with Crippen molar-refractivity contribution in [2.45, 2.75) is 19.9 Å². The molecule has 0 aliphatic carbocycles. The van der Waals surface area contributed by atoms with Gasteiger partial charge in [-0.05, 0) is 12.5 Å². The number of aromatic nitrogens is 2. The molecule has 1 aromatic heterocycles. The van der Waals surface area contributed by atoms with Gasteiger partial charge >= 0.3 is 12.0 Å². The fourth-order valence-corrected chi connectivity index (χ4v) is 1.39. The summed E-state index contributed by atoms with van der Waals surface area (Å²) in [7, 11) is 0. The van der Waals surface area contributed by atoms with Crippen LogP contribution in [0.15, 0.2) is 18.6 Å². The average Bonchev–Trinajstić information content (AvgIpc) is 2.36. The number of amides is 2. The van der Waals surface area contributed by atoms with Crippen molar-refractivity contribution in [2.24, 2.45) is 0 Å². The number of carboxylic acid groups (broad SMARTS) is 1. The van der Waals surface area contributed by atoms with E-state index in [1.807, 2.05) is 6.92 Å². The molecule has 0 spiro atoms.